The molecule has 2 N–H and O–H groups in total. The van der Waals surface area contributed by atoms with Crippen molar-refractivity contribution in [1.82, 2.24) is 9.47 Å². The molecule has 2 fully saturated rings. The number of benzene rings is 1. The van der Waals surface area contributed by atoms with Gasteiger partial charge < -0.3 is 14.2 Å². The zero-order valence-corrected chi connectivity index (χ0v) is 17.0. The van der Waals surface area contributed by atoms with E-state index in [1.807, 2.05) is 17.9 Å². The minimum Gasteiger partial charge on any atom is -0.375 e. The van der Waals surface area contributed by atoms with E-state index in [4.69, 9.17) is 9.88 Å². The number of nitrogens with two attached hydrogens (primary N) is 1. The molecular formula is C20H27N3O4S. The van der Waals surface area contributed by atoms with Crippen LogP contribution >= 0.6 is 0 Å². The van der Waals surface area contributed by atoms with Gasteiger partial charge in [-0.25, -0.2) is 13.6 Å². The van der Waals surface area contributed by atoms with E-state index < -0.39 is 10.0 Å². The first-order valence-corrected chi connectivity index (χ1v) is 11.5. The number of carbonyl (C=O) groups excluding carboxylic acids is 1. The molecule has 1 atom stereocenters. The van der Waals surface area contributed by atoms with Crippen LogP contribution in [0.15, 0.2) is 29.2 Å². The quantitative estimate of drug-likeness (QED) is 0.849. The summed E-state index contributed by atoms with van der Waals surface area (Å²) in [5.41, 5.74) is 1.39. The number of fused-ring (bicyclic) bond motifs is 1. The van der Waals surface area contributed by atoms with Crippen LogP contribution < -0.4 is 5.14 Å². The Balaban J connectivity index is 1.83. The van der Waals surface area contributed by atoms with Crippen LogP contribution in [0.3, 0.4) is 0 Å². The van der Waals surface area contributed by atoms with E-state index in [0.29, 0.717) is 25.4 Å². The van der Waals surface area contributed by atoms with Crippen molar-refractivity contribution in [2.45, 2.75) is 56.1 Å². The number of ether oxygens (including phenoxy) is 1. The third kappa shape index (κ3) is 3.68. The molecule has 1 saturated heterocycles. The van der Waals surface area contributed by atoms with Crippen molar-refractivity contribution in [3.8, 4) is 0 Å². The van der Waals surface area contributed by atoms with Crippen LogP contribution in [0.5, 0.6) is 0 Å². The summed E-state index contributed by atoms with van der Waals surface area (Å²) in [5, 5.41) is 6.21. The molecule has 7 nitrogen and oxygen atoms in total. The summed E-state index contributed by atoms with van der Waals surface area (Å²) < 4.78 is 31.4. The summed E-state index contributed by atoms with van der Waals surface area (Å²) in [5.74, 6) is -0.0194. The van der Waals surface area contributed by atoms with Crippen molar-refractivity contribution < 1.29 is 17.9 Å². The fourth-order valence-corrected chi connectivity index (χ4v) is 4.97. The maximum absolute atomic E-state index is 13.4. The SMILES string of the molecule is CC1CN(C(=O)c2cc3ccc(S(N)(=O)=O)cc3n2C2CCCCC2)CCO1. The highest BCUT2D eigenvalue weighted by Gasteiger charge is 2.29. The number of carbonyl (C=O) groups is 1. The molecule has 1 saturated carbocycles. The molecule has 1 aliphatic carbocycles. The highest BCUT2D eigenvalue weighted by molar-refractivity contribution is 7.89. The number of hydrogen-bond acceptors (Lipinski definition) is 4. The smallest absolute Gasteiger partial charge is 0.270 e. The van der Waals surface area contributed by atoms with Crippen LogP contribution in [0.2, 0.25) is 0 Å². The molecule has 1 amide bonds. The van der Waals surface area contributed by atoms with Crippen molar-refractivity contribution in [1.29, 1.82) is 0 Å². The van der Waals surface area contributed by atoms with Gasteiger partial charge >= 0.3 is 0 Å². The van der Waals surface area contributed by atoms with E-state index in [-0.39, 0.29) is 22.9 Å². The van der Waals surface area contributed by atoms with Crippen LogP contribution in [0.1, 0.15) is 55.6 Å². The molecular weight excluding hydrogens is 378 g/mol. The highest BCUT2D eigenvalue weighted by Crippen LogP contribution is 2.35. The minimum atomic E-state index is -3.81. The van der Waals surface area contributed by atoms with Gasteiger partial charge in [0.2, 0.25) is 10.0 Å². The van der Waals surface area contributed by atoms with Gasteiger partial charge in [-0.15, -0.1) is 0 Å². The Kier molecular flexibility index (Phi) is 5.20. The number of nitrogens with zero attached hydrogens (tertiary/aromatic N) is 2. The zero-order valence-electron chi connectivity index (χ0n) is 16.1. The Morgan fingerprint density at radius 3 is 2.61 bits per heavy atom. The molecule has 2 aromatic rings. The number of sulfonamides is 1. The molecule has 0 radical (unpaired) electrons. The Morgan fingerprint density at radius 1 is 1.18 bits per heavy atom. The molecule has 8 heteroatoms. The maximum Gasteiger partial charge on any atom is 0.270 e. The lowest BCUT2D eigenvalue weighted by atomic mass is 9.95. The van der Waals surface area contributed by atoms with Crippen LogP contribution in [-0.4, -0.2) is 49.6 Å². The summed E-state index contributed by atoms with van der Waals surface area (Å²) >= 11 is 0. The summed E-state index contributed by atoms with van der Waals surface area (Å²) in [7, 11) is -3.81. The molecule has 0 spiro atoms. The van der Waals surface area contributed by atoms with E-state index >= 15 is 0 Å². The van der Waals surface area contributed by atoms with Gasteiger partial charge in [-0.05, 0) is 38.0 Å². The molecule has 1 aliphatic heterocycles. The number of rotatable bonds is 3. The third-order valence-electron chi connectivity index (χ3n) is 5.83. The Bertz CT molecular complexity index is 992. The summed E-state index contributed by atoms with van der Waals surface area (Å²) in [6.07, 6.45) is 5.41. The standard InChI is InChI=1S/C20H27N3O4S/c1-14-13-22(9-10-27-14)20(24)19-11-15-7-8-17(28(21,25)26)12-18(15)23(19)16-5-3-2-4-6-16/h7-8,11-12,14,16H,2-6,9-10,13H2,1H3,(H2,21,25,26). The Morgan fingerprint density at radius 2 is 1.93 bits per heavy atom. The topological polar surface area (TPSA) is 94.6 Å². The zero-order chi connectivity index (χ0) is 19.9. The molecule has 2 aliphatic rings. The van der Waals surface area contributed by atoms with Crippen molar-refractivity contribution in [2.24, 2.45) is 5.14 Å². The van der Waals surface area contributed by atoms with Crippen LogP contribution in [0.4, 0.5) is 0 Å². The first kappa shape index (κ1) is 19.4. The van der Waals surface area contributed by atoms with Gasteiger partial charge in [0, 0.05) is 24.5 Å². The average molecular weight is 406 g/mol. The van der Waals surface area contributed by atoms with Gasteiger partial charge in [-0.1, -0.05) is 25.3 Å². The number of aromatic nitrogens is 1. The first-order valence-electron chi connectivity index (χ1n) is 9.93. The average Bonchev–Trinajstić information content (AvgIpc) is 3.06. The molecule has 1 unspecified atom stereocenters. The third-order valence-corrected chi connectivity index (χ3v) is 6.74. The summed E-state index contributed by atoms with van der Waals surface area (Å²) in [6.45, 7) is 3.63. The van der Waals surface area contributed by atoms with E-state index in [2.05, 4.69) is 4.57 Å². The number of morpholine rings is 1. The van der Waals surface area contributed by atoms with Crippen LogP contribution in [0, 0.1) is 0 Å². The lowest BCUT2D eigenvalue weighted by Crippen LogP contribution is -2.45. The van der Waals surface area contributed by atoms with Crippen molar-refractivity contribution >= 4 is 26.8 Å². The monoisotopic (exact) mass is 405 g/mol. The lowest BCUT2D eigenvalue weighted by Gasteiger charge is -2.32. The van der Waals surface area contributed by atoms with Gasteiger partial charge in [0.1, 0.15) is 5.69 Å². The van der Waals surface area contributed by atoms with Gasteiger partial charge in [-0.2, -0.15) is 0 Å². The largest absolute Gasteiger partial charge is 0.375 e. The van der Waals surface area contributed by atoms with Gasteiger partial charge in [-0.3, -0.25) is 4.79 Å². The predicted molar refractivity (Wildman–Crippen MR) is 107 cm³/mol. The van der Waals surface area contributed by atoms with E-state index in [1.54, 1.807) is 12.1 Å². The minimum absolute atomic E-state index is 0.0131. The maximum atomic E-state index is 13.4. The van der Waals surface area contributed by atoms with E-state index in [0.717, 1.165) is 36.6 Å². The lowest BCUT2D eigenvalue weighted by molar-refractivity contribution is -0.0128. The van der Waals surface area contributed by atoms with E-state index in [1.165, 1.54) is 12.5 Å². The number of primary sulfonamides is 1. The number of amides is 1. The second kappa shape index (κ2) is 7.50. The fourth-order valence-electron chi connectivity index (χ4n) is 4.44. The molecule has 1 aromatic carbocycles. The molecule has 2 heterocycles. The fraction of sp³-hybridized carbons (Fsp3) is 0.550. The summed E-state index contributed by atoms with van der Waals surface area (Å²) in [6, 6.07) is 6.94. The van der Waals surface area contributed by atoms with E-state index in [9.17, 15) is 13.2 Å². The molecule has 28 heavy (non-hydrogen) atoms. The van der Waals surface area contributed by atoms with Crippen molar-refractivity contribution in [3.63, 3.8) is 0 Å². The van der Waals surface area contributed by atoms with Gasteiger partial charge in [0.25, 0.3) is 5.91 Å². The highest BCUT2D eigenvalue weighted by atomic mass is 32.2. The Hall–Kier alpha value is -1.90. The summed E-state index contributed by atoms with van der Waals surface area (Å²) in [4.78, 5) is 15.3. The molecule has 0 bridgehead atoms. The second-order valence-corrected chi connectivity index (χ2v) is 9.45. The van der Waals surface area contributed by atoms with Crippen molar-refractivity contribution in [3.05, 3.63) is 30.0 Å². The Labute approximate surface area is 165 Å². The predicted octanol–water partition coefficient (Wildman–Crippen LogP) is 2.65. The normalized spacial score (nSPS) is 21.9. The van der Waals surface area contributed by atoms with Gasteiger partial charge in [0.05, 0.1) is 23.1 Å². The molecule has 152 valence electrons. The van der Waals surface area contributed by atoms with Gasteiger partial charge in [0.15, 0.2) is 0 Å². The van der Waals surface area contributed by atoms with Crippen LogP contribution in [-0.2, 0) is 14.8 Å². The van der Waals surface area contributed by atoms with Crippen molar-refractivity contribution in [2.75, 3.05) is 19.7 Å². The molecule has 4 rings (SSSR count). The van der Waals surface area contributed by atoms with Crippen LogP contribution in [0.25, 0.3) is 10.9 Å². The number of hydrogen-bond donors (Lipinski definition) is 1. The second-order valence-electron chi connectivity index (χ2n) is 7.89. The molecule has 1 aromatic heterocycles. The first-order chi connectivity index (χ1) is 13.3.